The Balaban J connectivity index is 1.47. The summed E-state index contributed by atoms with van der Waals surface area (Å²) in [7, 11) is 0. The third-order valence-corrected chi connectivity index (χ3v) is 6.05. The number of hydrogen-bond donors (Lipinski definition) is 1. The van der Waals surface area contributed by atoms with Gasteiger partial charge in [0.05, 0.1) is 0 Å². The third kappa shape index (κ3) is 4.69. The van der Waals surface area contributed by atoms with Gasteiger partial charge in [-0.25, -0.2) is 0 Å². The number of nitrogens with one attached hydrogen (secondary N) is 1. The summed E-state index contributed by atoms with van der Waals surface area (Å²) in [6, 6.07) is 4.51. The predicted octanol–water partition coefficient (Wildman–Crippen LogP) is 2.86. The number of pyridine rings is 1. The van der Waals surface area contributed by atoms with E-state index in [-0.39, 0.29) is 5.91 Å². The highest BCUT2D eigenvalue weighted by Crippen LogP contribution is 2.27. The molecule has 1 fully saturated rings. The van der Waals surface area contributed by atoms with Gasteiger partial charge in [-0.3, -0.25) is 14.5 Å². The van der Waals surface area contributed by atoms with Crippen LogP contribution in [0.5, 0.6) is 0 Å². The molecule has 0 radical (unpaired) electrons. The van der Waals surface area contributed by atoms with Gasteiger partial charge in [-0.2, -0.15) is 5.10 Å². The van der Waals surface area contributed by atoms with Crippen LogP contribution in [0.3, 0.4) is 0 Å². The van der Waals surface area contributed by atoms with Crippen LogP contribution in [-0.4, -0.2) is 51.2 Å². The number of rotatable bonds is 7. The molecule has 3 heterocycles. The van der Waals surface area contributed by atoms with Crippen molar-refractivity contribution in [3.8, 4) is 0 Å². The van der Waals surface area contributed by atoms with Gasteiger partial charge in [-0.1, -0.05) is 19.9 Å². The van der Waals surface area contributed by atoms with E-state index < -0.39 is 0 Å². The van der Waals surface area contributed by atoms with Gasteiger partial charge in [0.1, 0.15) is 0 Å². The Labute approximate surface area is 173 Å². The van der Waals surface area contributed by atoms with Crippen LogP contribution in [0, 0.1) is 5.92 Å². The molecular formula is C23H33N5O. The second-order valence-electron chi connectivity index (χ2n) is 8.85. The first-order chi connectivity index (χ1) is 14.1. The molecule has 1 atom stereocenters. The summed E-state index contributed by atoms with van der Waals surface area (Å²) in [4.78, 5) is 19.3. The van der Waals surface area contributed by atoms with Crippen LogP contribution in [0.25, 0.3) is 0 Å². The Morgan fingerprint density at radius 1 is 1.31 bits per heavy atom. The zero-order valence-electron chi connectivity index (χ0n) is 17.7. The van der Waals surface area contributed by atoms with E-state index in [9.17, 15) is 4.79 Å². The normalized spacial score (nSPS) is 19.0. The van der Waals surface area contributed by atoms with Crippen LogP contribution in [0.15, 0.2) is 24.5 Å². The van der Waals surface area contributed by atoms with E-state index in [1.54, 1.807) is 0 Å². The fourth-order valence-corrected chi connectivity index (χ4v) is 4.57. The Morgan fingerprint density at radius 3 is 2.86 bits per heavy atom. The first-order valence-corrected chi connectivity index (χ1v) is 11.1. The molecule has 1 aliphatic heterocycles. The minimum Gasteiger partial charge on any atom is -0.337 e. The van der Waals surface area contributed by atoms with Crippen LogP contribution >= 0.6 is 0 Å². The lowest BCUT2D eigenvalue weighted by atomic mass is 9.90. The number of amides is 1. The lowest BCUT2D eigenvalue weighted by molar-refractivity contribution is 0.0784. The van der Waals surface area contributed by atoms with E-state index in [0.29, 0.717) is 17.7 Å². The van der Waals surface area contributed by atoms with Gasteiger partial charge in [0.2, 0.25) is 0 Å². The molecule has 0 bridgehead atoms. The fraction of sp³-hybridized carbons (Fsp3) is 0.609. The molecule has 0 aromatic carbocycles. The topological polar surface area (TPSA) is 63.1 Å². The molecule has 2 aliphatic rings. The molecule has 2 aromatic rings. The number of likely N-dealkylation sites (tertiary alicyclic amines) is 1. The summed E-state index contributed by atoms with van der Waals surface area (Å²) >= 11 is 0. The van der Waals surface area contributed by atoms with Crippen LogP contribution in [0.2, 0.25) is 0 Å². The molecule has 6 nitrogen and oxygen atoms in total. The van der Waals surface area contributed by atoms with Crippen molar-refractivity contribution in [1.82, 2.24) is 25.0 Å². The average Bonchev–Trinajstić information content (AvgIpc) is 3.37. The quantitative estimate of drug-likeness (QED) is 0.783. The van der Waals surface area contributed by atoms with Gasteiger partial charge in [0, 0.05) is 49.3 Å². The molecule has 0 saturated carbocycles. The second-order valence-corrected chi connectivity index (χ2v) is 8.85. The SMILES string of the molecule is CC(C)Cn1nc(C(=O)N2CCCC2)c2c1CC[C@@H](NCCc1cccnc1)C2. The van der Waals surface area contributed by atoms with Crippen LogP contribution in [-0.2, 0) is 25.8 Å². The molecule has 4 rings (SSSR count). The summed E-state index contributed by atoms with van der Waals surface area (Å²) in [5, 5.41) is 8.54. The summed E-state index contributed by atoms with van der Waals surface area (Å²) in [5.41, 5.74) is 4.44. The van der Waals surface area contributed by atoms with Gasteiger partial charge >= 0.3 is 0 Å². The molecule has 156 valence electrons. The molecule has 1 N–H and O–H groups in total. The average molecular weight is 396 g/mol. The zero-order valence-corrected chi connectivity index (χ0v) is 17.7. The molecule has 0 unspecified atom stereocenters. The van der Waals surface area contributed by atoms with Crippen molar-refractivity contribution in [3.63, 3.8) is 0 Å². The van der Waals surface area contributed by atoms with Crippen molar-refractivity contribution in [2.24, 2.45) is 5.92 Å². The predicted molar refractivity (Wildman–Crippen MR) is 114 cm³/mol. The molecule has 1 amide bonds. The van der Waals surface area contributed by atoms with Crippen molar-refractivity contribution in [2.75, 3.05) is 19.6 Å². The third-order valence-electron chi connectivity index (χ3n) is 6.05. The van der Waals surface area contributed by atoms with Gasteiger partial charge in [0.25, 0.3) is 5.91 Å². The van der Waals surface area contributed by atoms with E-state index in [1.807, 2.05) is 23.4 Å². The molecule has 1 saturated heterocycles. The van der Waals surface area contributed by atoms with Crippen molar-refractivity contribution >= 4 is 5.91 Å². The smallest absolute Gasteiger partial charge is 0.274 e. The number of fused-ring (bicyclic) bond motifs is 1. The number of hydrogen-bond acceptors (Lipinski definition) is 4. The zero-order chi connectivity index (χ0) is 20.2. The van der Waals surface area contributed by atoms with Crippen molar-refractivity contribution in [1.29, 1.82) is 0 Å². The van der Waals surface area contributed by atoms with Crippen LogP contribution in [0.1, 0.15) is 60.4 Å². The molecule has 29 heavy (non-hydrogen) atoms. The Hall–Kier alpha value is -2.21. The number of aromatic nitrogens is 3. The second kappa shape index (κ2) is 9.08. The summed E-state index contributed by atoms with van der Waals surface area (Å²) in [5.74, 6) is 0.654. The van der Waals surface area contributed by atoms with Crippen molar-refractivity contribution < 1.29 is 4.79 Å². The van der Waals surface area contributed by atoms with Gasteiger partial charge in [-0.05, 0) is 62.6 Å². The van der Waals surface area contributed by atoms with Crippen molar-refractivity contribution in [3.05, 3.63) is 47.0 Å². The summed E-state index contributed by atoms with van der Waals surface area (Å²) < 4.78 is 2.12. The number of carbonyl (C=O) groups excluding carboxylic acids is 1. The minimum absolute atomic E-state index is 0.136. The lowest BCUT2D eigenvalue weighted by Crippen LogP contribution is -2.37. The minimum atomic E-state index is 0.136. The Bertz CT molecular complexity index is 823. The summed E-state index contributed by atoms with van der Waals surface area (Å²) in [6.45, 7) is 7.98. The highest BCUT2D eigenvalue weighted by molar-refractivity contribution is 5.94. The first-order valence-electron chi connectivity index (χ1n) is 11.1. The monoisotopic (exact) mass is 395 g/mol. The van der Waals surface area contributed by atoms with Crippen molar-refractivity contribution in [2.45, 2.75) is 65.0 Å². The molecule has 0 spiro atoms. The van der Waals surface area contributed by atoms with E-state index in [2.05, 4.69) is 34.9 Å². The van der Waals surface area contributed by atoms with E-state index in [4.69, 9.17) is 5.10 Å². The standard InChI is InChI=1S/C23H33N5O/c1-17(2)16-28-21-8-7-19(25-11-9-18-6-5-10-24-15-18)14-20(21)22(26-28)23(29)27-12-3-4-13-27/h5-6,10,15,17,19,25H,3-4,7-9,11-14,16H2,1-2H3/t19-/m1/s1. The van der Waals surface area contributed by atoms with Gasteiger partial charge < -0.3 is 10.2 Å². The Morgan fingerprint density at radius 2 is 2.14 bits per heavy atom. The molecule has 2 aromatic heterocycles. The number of carbonyl (C=O) groups is 1. The van der Waals surface area contributed by atoms with Crippen LogP contribution in [0.4, 0.5) is 0 Å². The fourth-order valence-electron chi connectivity index (χ4n) is 4.57. The Kier molecular flexibility index (Phi) is 6.28. The van der Waals surface area contributed by atoms with E-state index in [1.165, 1.54) is 16.8 Å². The van der Waals surface area contributed by atoms with Crippen LogP contribution < -0.4 is 5.32 Å². The van der Waals surface area contributed by atoms with Gasteiger partial charge in [-0.15, -0.1) is 0 Å². The first kappa shape index (κ1) is 20.1. The van der Waals surface area contributed by atoms with E-state index >= 15 is 0 Å². The molecule has 1 aliphatic carbocycles. The number of nitrogens with zero attached hydrogens (tertiary/aromatic N) is 4. The van der Waals surface area contributed by atoms with E-state index in [0.717, 1.165) is 64.7 Å². The highest BCUT2D eigenvalue weighted by Gasteiger charge is 2.31. The maximum Gasteiger partial charge on any atom is 0.274 e. The largest absolute Gasteiger partial charge is 0.337 e. The highest BCUT2D eigenvalue weighted by atomic mass is 16.2. The molecule has 6 heteroatoms. The maximum atomic E-state index is 13.1. The summed E-state index contributed by atoms with van der Waals surface area (Å²) in [6.07, 6.45) is 9.93. The molecular weight excluding hydrogens is 362 g/mol. The maximum absolute atomic E-state index is 13.1. The van der Waals surface area contributed by atoms with Gasteiger partial charge in [0.15, 0.2) is 5.69 Å². The lowest BCUT2D eigenvalue weighted by Gasteiger charge is -2.25.